The van der Waals surface area contributed by atoms with E-state index in [-0.39, 0.29) is 31.1 Å². The Morgan fingerprint density at radius 3 is 0.813 bits per heavy atom. The van der Waals surface area contributed by atoms with Crippen LogP contribution >= 0.6 is 0 Å². The lowest BCUT2D eigenvalue weighted by Gasteiger charge is -2.18. The molecular weight excluding hydrogens is 925 g/mol. The molecule has 0 saturated carbocycles. The van der Waals surface area contributed by atoms with Gasteiger partial charge < -0.3 is 14.2 Å². The van der Waals surface area contributed by atoms with E-state index in [1.165, 1.54) is 212 Å². The molecule has 0 spiro atoms. The molecule has 0 N–H and O–H groups in total. The summed E-state index contributed by atoms with van der Waals surface area (Å²) in [4.78, 5) is 38.0. The molecule has 0 aliphatic rings. The van der Waals surface area contributed by atoms with Gasteiger partial charge in [-0.15, -0.1) is 0 Å². The molecule has 0 rings (SSSR count). The number of allylic oxidation sites excluding steroid dienone is 10. The minimum Gasteiger partial charge on any atom is -0.462 e. The number of carbonyl (C=O) groups is 3. The molecule has 0 aromatic rings. The third-order valence-electron chi connectivity index (χ3n) is 14.5. The van der Waals surface area contributed by atoms with Gasteiger partial charge in [0.2, 0.25) is 0 Å². The van der Waals surface area contributed by atoms with Crippen molar-refractivity contribution < 1.29 is 28.6 Å². The van der Waals surface area contributed by atoms with Crippen LogP contribution in [0.5, 0.6) is 0 Å². The van der Waals surface area contributed by atoms with Gasteiger partial charge in [0.15, 0.2) is 6.10 Å². The van der Waals surface area contributed by atoms with Crippen molar-refractivity contribution in [1.82, 2.24) is 0 Å². The lowest BCUT2D eigenvalue weighted by Crippen LogP contribution is -2.30. The summed E-state index contributed by atoms with van der Waals surface area (Å²) < 4.78 is 16.8. The minimum atomic E-state index is -0.775. The summed E-state index contributed by atoms with van der Waals surface area (Å²) in [6.45, 7) is 6.51. The summed E-state index contributed by atoms with van der Waals surface area (Å²) in [6, 6.07) is 0. The maximum Gasteiger partial charge on any atom is 0.306 e. The van der Waals surface area contributed by atoms with E-state index >= 15 is 0 Å². The van der Waals surface area contributed by atoms with E-state index < -0.39 is 6.10 Å². The molecule has 0 saturated heterocycles. The van der Waals surface area contributed by atoms with E-state index in [1.54, 1.807) is 0 Å². The molecule has 0 aliphatic carbocycles. The minimum absolute atomic E-state index is 0.0744. The van der Waals surface area contributed by atoms with Gasteiger partial charge in [0.25, 0.3) is 0 Å². The summed E-state index contributed by atoms with van der Waals surface area (Å²) in [5.74, 6) is -0.875. The molecule has 0 radical (unpaired) electrons. The maximum absolute atomic E-state index is 12.8. The second-order valence-electron chi connectivity index (χ2n) is 22.0. The average molecular weight is 1050 g/mol. The molecule has 0 amide bonds. The zero-order chi connectivity index (χ0) is 54.3. The monoisotopic (exact) mass is 1050 g/mol. The number of carbonyl (C=O) groups excluding carboxylic acids is 3. The van der Waals surface area contributed by atoms with E-state index in [0.29, 0.717) is 19.3 Å². The van der Waals surface area contributed by atoms with Crippen LogP contribution in [0.2, 0.25) is 0 Å². The molecule has 6 heteroatoms. The normalized spacial score (nSPS) is 12.4. The Bertz CT molecular complexity index is 1340. The number of ether oxygens (including phenoxy) is 3. The Morgan fingerprint density at radius 1 is 0.280 bits per heavy atom. The number of hydrogen-bond acceptors (Lipinski definition) is 6. The lowest BCUT2D eigenvalue weighted by molar-refractivity contribution is -0.167. The third-order valence-corrected chi connectivity index (χ3v) is 14.5. The SMILES string of the molecule is CC/C=C\C/C=C\C/C=C\CCCCCCCCCC(=O)OC(COC(=O)CCCCCCCCC)COC(=O)CCCCCCCCCCCCCCCCCCCCCCC/C=C\C/C=C\CCCCCCC. The van der Waals surface area contributed by atoms with Crippen LogP contribution in [0.1, 0.15) is 342 Å². The Balaban J connectivity index is 3.98. The summed E-state index contributed by atoms with van der Waals surface area (Å²) in [5.41, 5.74) is 0. The van der Waals surface area contributed by atoms with E-state index in [9.17, 15) is 14.4 Å². The fourth-order valence-corrected chi connectivity index (χ4v) is 9.61. The van der Waals surface area contributed by atoms with Gasteiger partial charge in [-0.3, -0.25) is 14.4 Å². The predicted molar refractivity (Wildman–Crippen MR) is 325 cm³/mol. The van der Waals surface area contributed by atoms with Crippen LogP contribution in [0.3, 0.4) is 0 Å². The van der Waals surface area contributed by atoms with E-state index in [2.05, 4.69) is 81.5 Å². The molecule has 1 atom stereocenters. The van der Waals surface area contributed by atoms with Crippen molar-refractivity contribution in [3.8, 4) is 0 Å². The number of esters is 3. The smallest absolute Gasteiger partial charge is 0.306 e. The topological polar surface area (TPSA) is 78.9 Å². The van der Waals surface area contributed by atoms with E-state index in [0.717, 1.165) is 89.9 Å². The number of hydrogen-bond donors (Lipinski definition) is 0. The quantitative estimate of drug-likeness (QED) is 0.0261. The van der Waals surface area contributed by atoms with Crippen molar-refractivity contribution in [3.05, 3.63) is 60.8 Å². The Morgan fingerprint density at radius 2 is 0.520 bits per heavy atom. The van der Waals surface area contributed by atoms with Crippen LogP contribution in [0.25, 0.3) is 0 Å². The Hall–Kier alpha value is -2.89. The highest BCUT2D eigenvalue weighted by Crippen LogP contribution is 2.17. The van der Waals surface area contributed by atoms with Gasteiger partial charge in [0, 0.05) is 19.3 Å². The molecule has 436 valence electrons. The van der Waals surface area contributed by atoms with Crippen LogP contribution in [-0.2, 0) is 28.6 Å². The van der Waals surface area contributed by atoms with Crippen molar-refractivity contribution in [2.24, 2.45) is 0 Å². The first-order chi connectivity index (χ1) is 37.0. The van der Waals surface area contributed by atoms with Crippen LogP contribution in [0.4, 0.5) is 0 Å². The van der Waals surface area contributed by atoms with Crippen LogP contribution in [0, 0.1) is 0 Å². The molecular formula is C69H124O6. The highest BCUT2D eigenvalue weighted by Gasteiger charge is 2.19. The molecule has 0 fully saturated rings. The number of rotatable bonds is 60. The summed E-state index contributed by atoms with van der Waals surface area (Å²) >= 11 is 0. The zero-order valence-corrected chi connectivity index (χ0v) is 50.1. The average Bonchev–Trinajstić information content (AvgIpc) is 3.41. The number of unbranched alkanes of at least 4 members (excludes halogenated alkanes) is 39. The highest BCUT2D eigenvalue weighted by atomic mass is 16.6. The van der Waals surface area contributed by atoms with Gasteiger partial charge >= 0.3 is 17.9 Å². The standard InChI is InChI=1S/C69H124O6/c1-4-7-10-13-16-18-20-22-24-26-27-28-29-30-31-32-33-34-35-36-37-38-39-40-41-43-44-46-48-50-53-56-59-62-68(71)74-65-66(64-73-67(70)61-58-55-52-15-12-9-6-3)75-69(72)63-60-57-54-51-49-47-45-42-25-23-21-19-17-14-11-8-5-2/h8,11,17,19-20,22-23,25-27,66H,4-7,9-10,12-16,18,21,24,28-65H2,1-3H3/b11-8-,19-17-,22-20-,25-23-,27-26-. The summed E-state index contributed by atoms with van der Waals surface area (Å²) in [6.07, 6.45) is 81.3. The first-order valence-corrected chi connectivity index (χ1v) is 32.8. The van der Waals surface area contributed by atoms with Crippen molar-refractivity contribution in [2.45, 2.75) is 348 Å². The van der Waals surface area contributed by atoms with Gasteiger partial charge in [-0.2, -0.15) is 0 Å². The molecule has 1 unspecified atom stereocenters. The summed E-state index contributed by atoms with van der Waals surface area (Å²) in [5, 5.41) is 0. The maximum atomic E-state index is 12.8. The van der Waals surface area contributed by atoms with Gasteiger partial charge in [0.1, 0.15) is 13.2 Å². The Labute approximate surface area is 466 Å². The largest absolute Gasteiger partial charge is 0.462 e. The molecule has 0 aliphatic heterocycles. The molecule has 6 nitrogen and oxygen atoms in total. The third kappa shape index (κ3) is 61.8. The van der Waals surface area contributed by atoms with Crippen LogP contribution in [0.15, 0.2) is 60.8 Å². The first-order valence-electron chi connectivity index (χ1n) is 32.8. The highest BCUT2D eigenvalue weighted by molar-refractivity contribution is 5.71. The van der Waals surface area contributed by atoms with Gasteiger partial charge in [0.05, 0.1) is 0 Å². The molecule has 0 aromatic heterocycles. The van der Waals surface area contributed by atoms with Crippen LogP contribution < -0.4 is 0 Å². The zero-order valence-electron chi connectivity index (χ0n) is 50.1. The van der Waals surface area contributed by atoms with Crippen LogP contribution in [-0.4, -0.2) is 37.2 Å². The molecule has 0 aromatic carbocycles. The van der Waals surface area contributed by atoms with Crippen molar-refractivity contribution >= 4 is 17.9 Å². The fourth-order valence-electron chi connectivity index (χ4n) is 9.61. The van der Waals surface area contributed by atoms with E-state index in [4.69, 9.17) is 14.2 Å². The first kappa shape index (κ1) is 72.1. The second-order valence-corrected chi connectivity index (χ2v) is 22.0. The second kappa shape index (κ2) is 63.6. The van der Waals surface area contributed by atoms with Crippen molar-refractivity contribution in [1.29, 1.82) is 0 Å². The molecule has 0 heterocycles. The molecule has 0 bridgehead atoms. The van der Waals surface area contributed by atoms with Gasteiger partial charge in [-0.1, -0.05) is 300 Å². The van der Waals surface area contributed by atoms with E-state index in [1.807, 2.05) is 0 Å². The predicted octanol–water partition coefficient (Wildman–Crippen LogP) is 22.3. The van der Waals surface area contributed by atoms with Gasteiger partial charge in [-0.05, 0) is 83.5 Å². The molecule has 75 heavy (non-hydrogen) atoms. The fraction of sp³-hybridized carbons (Fsp3) is 0.812. The van der Waals surface area contributed by atoms with Crippen molar-refractivity contribution in [2.75, 3.05) is 13.2 Å². The Kier molecular flexibility index (Phi) is 61.2. The van der Waals surface area contributed by atoms with Gasteiger partial charge in [-0.25, -0.2) is 0 Å². The lowest BCUT2D eigenvalue weighted by atomic mass is 10.0. The van der Waals surface area contributed by atoms with Crippen molar-refractivity contribution in [3.63, 3.8) is 0 Å². The summed E-state index contributed by atoms with van der Waals surface area (Å²) in [7, 11) is 0.